The maximum absolute atomic E-state index is 5.41. The molecule has 0 aliphatic rings. The Morgan fingerprint density at radius 1 is 0.900 bits per heavy atom. The molecule has 0 aromatic heterocycles. The molecule has 1 unspecified atom stereocenters. The Kier molecular flexibility index (Phi) is 12.1. The van der Waals surface area contributed by atoms with Crippen molar-refractivity contribution in [2.75, 3.05) is 21.3 Å². The fraction of sp³-hybridized carbons (Fsp3) is 0.882. The van der Waals surface area contributed by atoms with Gasteiger partial charge in [0, 0.05) is 27.8 Å². The minimum atomic E-state index is -0.911. The van der Waals surface area contributed by atoms with E-state index in [0.717, 1.165) is 19.3 Å². The quantitative estimate of drug-likeness (QED) is 0.273. The van der Waals surface area contributed by atoms with E-state index in [2.05, 4.69) is 26.0 Å². The minimum Gasteiger partial charge on any atom is -0.331 e. The molecule has 1 atom stereocenters. The highest BCUT2D eigenvalue weighted by Gasteiger charge is 2.32. The average Bonchev–Trinajstić information content (AvgIpc) is 2.49. The van der Waals surface area contributed by atoms with Crippen LogP contribution in [0.2, 0.25) is 0 Å². The Hall–Kier alpha value is -0.380. The molecule has 0 saturated carbocycles. The molecule has 3 nitrogen and oxygen atoms in total. The van der Waals surface area contributed by atoms with Crippen molar-refractivity contribution in [3.8, 4) is 0 Å². The van der Waals surface area contributed by atoms with Crippen LogP contribution in [-0.2, 0) is 14.2 Å². The highest BCUT2D eigenvalue weighted by Crippen LogP contribution is 2.27. The van der Waals surface area contributed by atoms with Crippen LogP contribution in [0.15, 0.2) is 12.2 Å². The molecule has 0 bridgehead atoms. The second kappa shape index (κ2) is 12.4. The maximum Gasteiger partial charge on any atom is 0.282 e. The molecule has 0 aliphatic heterocycles. The molecule has 0 aliphatic carbocycles. The average molecular weight is 286 g/mol. The zero-order valence-corrected chi connectivity index (χ0v) is 14.1. The zero-order chi connectivity index (χ0) is 15.3. The Morgan fingerprint density at radius 3 is 2.00 bits per heavy atom. The Morgan fingerprint density at radius 2 is 1.50 bits per heavy atom. The number of hydrogen-bond acceptors (Lipinski definition) is 3. The third kappa shape index (κ3) is 8.03. The number of rotatable bonds is 13. The summed E-state index contributed by atoms with van der Waals surface area (Å²) in [5.41, 5.74) is 0. The van der Waals surface area contributed by atoms with Gasteiger partial charge >= 0.3 is 0 Å². The molecule has 0 aromatic carbocycles. The molecule has 0 spiro atoms. The normalized spacial score (nSPS) is 14.1. The fourth-order valence-electron chi connectivity index (χ4n) is 2.43. The molecule has 0 amide bonds. The minimum absolute atomic E-state index is 0.441. The van der Waals surface area contributed by atoms with Gasteiger partial charge in [0.25, 0.3) is 5.97 Å². The van der Waals surface area contributed by atoms with Gasteiger partial charge in [0.05, 0.1) is 0 Å². The van der Waals surface area contributed by atoms with E-state index in [1.54, 1.807) is 21.3 Å². The third-order valence-corrected chi connectivity index (χ3v) is 3.77. The summed E-state index contributed by atoms with van der Waals surface area (Å²) in [6.07, 6.45) is 14.0. The summed E-state index contributed by atoms with van der Waals surface area (Å²) in [7, 11) is 4.90. The predicted molar refractivity (Wildman–Crippen MR) is 84.7 cm³/mol. The molecule has 120 valence electrons. The molecule has 0 N–H and O–H groups in total. The third-order valence-electron chi connectivity index (χ3n) is 3.77. The van der Waals surface area contributed by atoms with E-state index in [9.17, 15) is 0 Å². The van der Waals surface area contributed by atoms with E-state index in [0.29, 0.717) is 5.92 Å². The summed E-state index contributed by atoms with van der Waals surface area (Å²) >= 11 is 0. The van der Waals surface area contributed by atoms with E-state index >= 15 is 0 Å². The lowest BCUT2D eigenvalue weighted by molar-refractivity contribution is -0.358. The second-order valence-corrected chi connectivity index (χ2v) is 5.30. The monoisotopic (exact) mass is 286 g/mol. The lowest BCUT2D eigenvalue weighted by Crippen LogP contribution is -2.37. The summed E-state index contributed by atoms with van der Waals surface area (Å²) in [5, 5.41) is 0. The van der Waals surface area contributed by atoms with Gasteiger partial charge in [0.2, 0.25) is 0 Å². The molecule has 0 aromatic rings. The van der Waals surface area contributed by atoms with Gasteiger partial charge in [-0.1, -0.05) is 58.1 Å². The summed E-state index contributed by atoms with van der Waals surface area (Å²) in [5.74, 6) is -0.469. The highest BCUT2D eigenvalue weighted by atomic mass is 16.9. The van der Waals surface area contributed by atoms with Crippen LogP contribution in [0.4, 0.5) is 0 Å². The topological polar surface area (TPSA) is 27.7 Å². The van der Waals surface area contributed by atoms with Gasteiger partial charge in [-0.2, -0.15) is 0 Å². The molecule has 0 saturated heterocycles. The molecule has 0 heterocycles. The van der Waals surface area contributed by atoms with Gasteiger partial charge in [0.15, 0.2) is 0 Å². The van der Waals surface area contributed by atoms with Crippen LogP contribution >= 0.6 is 0 Å². The van der Waals surface area contributed by atoms with Crippen molar-refractivity contribution in [1.29, 1.82) is 0 Å². The van der Waals surface area contributed by atoms with E-state index in [4.69, 9.17) is 14.2 Å². The first-order valence-corrected chi connectivity index (χ1v) is 8.00. The van der Waals surface area contributed by atoms with Crippen LogP contribution in [0.3, 0.4) is 0 Å². The Balaban J connectivity index is 4.36. The zero-order valence-electron chi connectivity index (χ0n) is 14.1. The van der Waals surface area contributed by atoms with Crippen molar-refractivity contribution in [3.05, 3.63) is 12.2 Å². The van der Waals surface area contributed by atoms with Crippen molar-refractivity contribution in [2.24, 2.45) is 5.92 Å². The molecular formula is C17H34O3. The first-order chi connectivity index (χ1) is 9.67. The van der Waals surface area contributed by atoms with Crippen molar-refractivity contribution < 1.29 is 14.2 Å². The van der Waals surface area contributed by atoms with Crippen molar-refractivity contribution in [3.63, 3.8) is 0 Å². The van der Waals surface area contributed by atoms with Gasteiger partial charge in [0.1, 0.15) is 0 Å². The van der Waals surface area contributed by atoms with Crippen LogP contribution in [0.5, 0.6) is 0 Å². The second-order valence-electron chi connectivity index (χ2n) is 5.30. The summed E-state index contributed by atoms with van der Waals surface area (Å²) in [6.45, 7) is 4.40. The lowest BCUT2D eigenvalue weighted by Gasteiger charge is -2.31. The van der Waals surface area contributed by atoms with Crippen LogP contribution in [0, 0.1) is 5.92 Å². The van der Waals surface area contributed by atoms with Gasteiger partial charge in [-0.25, -0.2) is 0 Å². The number of allylic oxidation sites excluding steroid dienone is 2. The van der Waals surface area contributed by atoms with Crippen LogP contribution in [0.25, 0.3) is 0 Å². The smallest absolute Gasteiger partial charge is 0.282 e. The van der Waals surface area contributed by atoms with Crippen molar-refractivity contribution in [1.82, 2.24) is 0 Å². The van der Waals surface area contributed by atoms with Crippen LogP contribution < -0.4 is 0 Å². The van der Waals surface area contributed by atoms with Crippen LogP contribution in [0.1, 0.15) is 65.2 Å². The predicted octanol–water partition coefficient (Wildman–Crippen LogP) is 4.91. The number of unbranched alkanes of at least 4 members (excludes halogenated alkanes) is 4. The first-order valence-electron chi connectivity index (χ1n) is 8.00. The van der Waals surface area contributed by atoms with Gasteiger partial charge in [-0.15, -0.1) is 0 Å². The number of methoxy groups -OCH3 is 3. The number of hydrogen-bond donors (Lipinski definition) is 0. The van der Waals surface area contributed by atoms with Gasteiger partial charge in [-0.05, 0) is 18.8 Å². The van der Waals surface area contributed by atoms with Crippen molar-refractivity contribution >= 4 is 0 Å². The standard InChI is InChI=1S/C17H34O3/c1-6-8-10-11-12-14-16(13-9-7-2)15-17(18-3,19-4)20-5/h9,13,16H,6-8,10-12,14-15H2,1-5H3. The SMILES string of the molecule is CCC=CC(CCCCCCC)CC(OC)(OC)OC. The first kappa shape index (κ1) is 19.6. The van der Waals surface area contributed by atoms with E-state index in [1.807, 2.05) is 0 Å². The molecule has 3 heteroatoms. The largest absolute Gasteiger partial charge is 0.331 e. The Labute approximate surface area is 125 Å². The molecule has 20 heavy (non-hydrogen) atoms. The lowest BCUT2D eigenvalue weighted by atomic mass is 9.95. The molecule has 0 radical (unpaired) electrons. The molecule has 0 fully saturated rings. The van der Waals surface area contributed by atoms with Crippen molar-refractivity contribution in [2.45, 2.75) is 71.2 Å². The van der Waals surface area contributed by atoms with E-state index in [-0.39, 0.29) is 0 Å². The van der Waals surface area contributed by atoms with Gasteiger partial charge < -0.3 is 14.2 Å². The molecule has 0 rings (SSSR count). The number of ether oxygens (including phenoxy) is 3. The summed E-state index contributed by atoms with van der Waals surface area (Å²) in [6, 6.07) is 0. The fourth-order valence-corrected chi connectivity index (χ4v) is 2.43. The highest BCUT2D eigenvalue weighted by molar-refractivity contribution is 4.89. The Bertz CT molecular complexity index is 226. The van der Waals surface area contributed by atoms with E-state index in [1.165, 1.54) is 32.1 Å². The summed E-state index contributed by atoms with van der Waals surface area (Å²) in [4.78, 5) is 0. The molecular weight excluding hydrogens is 252 g/mol. The van der Waals surface area contributed by atoms with Crippen LogP contribution in [-0.4, -0.2) is 27.3 Å². The summed E-state index contributed by atoms with van der Waals surface area (Å²) < 4.78 is 16.2. The maximum atomic E-state index is 5.41. The van der Waals surface area contributed by atoms with Gasteiger partial charge in [-0.3, -0.25) is 0 Å². The van der Waals surface area contributed by atoms with E-state index < -0.39 is 5.97 Å².